The van der Waals surface area contributed by atoms with Gasteiger partial charge in [-0.05, 0) is 16.7 Å². The summed E-state index contributed by atoms with van der Waals surface area (Å²) in [5.41, 5.74) is 3.27. The fourth-order valence-corrected chi connectivity index (χ4v) is 2.91. The highest BCUT2D eigenvalue weighted by molar-refractivity contribution is 5.47. The molecule has 0 aromatic carbocycles. The number of methoxy groups -OCH3 is 1. The van der Waals surface area contributed by atoms with Crippen LogP contribution < -0.4 is 16.6 Å². The van der Waals surface area contributed by atoms with Gasteiger partial charge in [-0.2, -0.15) is 0 Å². The van der Waals surface area contributed by atoms with Crippen molar-refractivity contribution in [3.8, 4) is 0 Å². The van der Waals surface area contributed by atoms with Crippen LogP contribution >= 0.6 is 0 Å². The molecule has 1 aromatic heterocycles. The molecule has 0 atom stereocenters. The van der Waals surface area contributed by atoms with E-state index in [4.69, 9.17) is 10.6 Å². The van der Waals surface area contributed by atoms with Crippen LogP contribution in [0, 0.1) is 16.7 Å². The molecular formula is C14H25N5O. The number of hydrazine groups is 1. The Bertz CT molecular complexity index is 472. The summed E-state index contributed by atoms with van der Waals surface area (Å²) in [4.78, 5) is 8.65. The molecule has 6 nitrogen and oxygen atoms in total. The van der Waals surface area contributed by atoms with Gasteiger partial charge < -0.3 is 15.5 Å². The zero-order valence-corrected chi connectivity index (χ0v) is 12.9. The first-order valence-corrected chi connectivity index (χ1v) is 6.90. The molecule has 1 fully saturated rings. The first-order valence-electron chi connectivity index (χ1n) is 6.90. The maximum atomic E-state index is 5.43. The van der Waals surface area contributed by atoms with E-state index in [-0.39, 0.29) is 0 Å². The summed E-state index contributed by atoms with van der Waals surface area (Å²) < 4.78 is 5.07. The Kier molecular flexibility index (Phi) is 3.88. The van der Waals surface area contributed by atoms with Crippen molar-refractivity contribution in [2.24, 2.45) is 22.6 Å². The van der Waals surface area contributed by atoms with E-state index in [0.29, 0.717) is 35.0 Å². The highest BCUT2D eigenvalue weighted by Crippen LogP contribution is 2.68. The SMILES string of the molecule is COCc1nc(NN)cc(NCC2C(C)(C)C2(C)C)n1. The first-order chi connectivity index (χ1) is 9.32. The van der Waals surface area contributed by atoms with E-state index in [0.717, 1.165) is 12.4 Å². The van der Waals surface area contributed by atoms with Crippen LogP contribution in [0.2, 0.25) is 0 Å². The third kappa shape index (κ3) is 2.58. The monoisotopic (exact) mass is 279 g/mol. The Morgan fingerprint density at radius 2 is 1.80 bits per heavy atom. The molecule has 1 aromatic rings. The molecule has 2 rings (SSSR count). The van der Waals surface area contributed by atoms with E-state index >= 15 is 0 Å². The first kappa shape index (κ1) is 15.0. The number of nitrogen functional groups attached to an aromatic ring is 1. The lowest BCUT2D eigenvalue weighted by Crippen LogP contribution is -2.14. The average Bonchev–Trinajstić information content (AvgIpc) is 2.77. The van der Waals surface area contributed by atoms with Gasteiger partial charge in [0.05, 0.1) is 0 Å². The number of ether oxygens (including phenoxy) is 1. The molecule has 0 saturated heterocycles. The molecule has 0 bridgehead atoms. The van der Waals surface area contributed by atoms with Crippen LogP contribution in [0.5, 0.6) is 0 Å². The largest absolute Gasteiger partial charge is 0.377 e. The van der Waals surface area contributed by atoms with Gasteiger partial charge in [-0.25, -0.2) is 15.8 Å². The number of nitrogens with two attached hydrogens (primary N) is 1. The number of nitrogens with zero attached hydrogens (tertiary/aromatic N) is 2. The zero-order chi connectivity index (χ0) is 15.0. The van der Waals surface area contributed by atoms with Crippen LogP contribution in [0.15, 0.2) is 6.07 Å². The summed E-state index contributed by atoms with van der Waals surface area (Å²) in [6, 6.07) is 1.81. The summed E-state index contributed by atoms with van der Waals surface area (Å²) in [5, 5.41) is 3.39. The summed E-state index contributed by atoms with van der Waals surface area (Å²) in [6.07, 6.45) is 0. The van der Waals surface area contributed by atoms with Gasteiger partial charge in [-0.1, -0.05) is 27.7 Å². The van der Waals surface area contributed by atoms with Crippen LogP contribution in [0.3, 0.4) is 0 Å². The second kappa shape index (κ2) is 5.18. The summed E-state index contributed by atoms with van der Waals surface area (Å²) >= 11 is 0. The minimum Gasteiger partial charge on any atom is -0.377 e. The molecule has 1 aliphatic rings. The number of anilines is 2. The Labute approximate surface area is 120 Å². The van der Waals surface area contributed by atoms with Crippen LogP contribution in [0.1, 0.15) is 33.5 Å². The van der Waals surface area contributed by atoms with Crippen molar-refractivity contribution in [1.82, 2.24) is 9.97 Å². The lowest BCUT2D eigenvalue weighted by molar-refractivity contribution is 0.178. The van der Waals surface area contributed by atoms with Gasteiger partial charge in [0.2, 0.25) is 0 Å². The van der Waals surface area contributed by atoms with Crippen LogP contribution in [-0.4, -0.2) is 23.6 Å². The Morgan fingerprint density at radius 1 is 1.20 bits per heavy atom. The van der Waals surface area contributed by atoms with E-state index in [1.807, 2.05) is 6.07 Å². The summed E-state index contributed by atoms with van der Waals surface area (Å²) in [5.74, 6) is 8.03. The molecule has 4 N–H and O–H groups in total. The third-order valence-electron chi connectivity index (χ3n) is 5.00. The van der Waals surface area contributed by atoms with Crippen LogP contribution in [0.4, 0.5) is 11.6 Å². The van der Waals surface area contributed by atoms with Crippen LogP contribution in [-0.2, 0) is 11.3 Å². The van der Waals surface area contributed by atoms with Gasteiger partial charge in [-0.15, -0.1) is 0 Å². The van der Waals surface area contributed by atoms with Gasteiger partial charge in [0.15, 0.2) is 5.82 Å². The van der Waals surface area contributed by atoms with E-state index in [1.54, 1.807) is 7.11 Å². The molecule has 112 valence electrons. The number of hydrogen-bond acceptors (Lipinski definition) is 6. The maximum absolute atomic E-state index is 5.43. The third-order valence-corrected chi connectivity index (χ3v) is 5.00. The van der Waals surface area contributed by atoms with E-state index in [2.05, 4.69) is 48.4 Å². The van der Waals surface area contributed by atoms with E-state index in [9.17, 15) is 0 Å². The number of nitrogens with one attached hydrogen (secondary N) is 2. The van der Waals surface area contributed by atoms with Gasteiger partial charge in [0.25, 0.3) is 0 Å². The van der Waals surface area contributed by atoms with Crippen molar-refractivity contribution < 1.29 is 4.74 Å². The molecule has 0 aliphatic heterocycles. The molecule has 6 heteroatoms. The van der Waals surface area contributed by atoms with Crippen molar-refractivity contribution in [1.29, 1.82) is 0 Å². The van der Waals surface area contributed by atoms with Gasteiger partial charge >= 0.3 is 0 Å². The summed E-state index contributed by atoms with van der Waals surface area (Å²) in [6.45, 7) is 10.5. The maximum Gasteiger partial charge on any atom is 0.158 e. The zero-order valence-electron chi connectivity index (χ0n) is 12.9. The molecule has 0 unspecified atom stereocenters. The standard InChI is InChI=1S/C14H25N5O/c1-13(2)9(14(13,3)4)7-16-10-6-11(19-15)18-12(17-10)8-20-5/h6,9H,7-8,15H2,1-5H3,(H2,16,17,18,19). The predicted molar refractivity (Wildman–Crippen MR) is 80.1 cm³/mol. The predicted octanol–water partition coefficient (Wildman–Crippen LogP) is 2.00. The molecule has 1 saturated carbocycles. The van der Waals surface area contributed by atoms with Crippen molar-refractivity contribution >= 4 is 11.6 Å². The summed E-state index contributed by atoms with van der Waals surface area (Å²) in [7, 11) is 1.62. The van der Waals surface area contributed by atoms with Crippen molar-refractivity contribution in [3.05, 3.63) is 11.9 Å². The number of hydrogen-bond donors (Lipinski definition) is 3. The highest BCUT2D eigenvalue weighted by Gasteiger charge is 2.64. The topological polar surface area (TPSA) is 85.1 Å². The van der Waals surface area contributed by atoms with Crippen molar-refractivity contribution in [3.63, 3.8) is 0 Å². The lowest BCUT2D eigenvalue weighted by atomic mass is 10.0. The molecule has 1 heterocycles. The Morgan fingerprint density at radius 3 is 2.30 bits per heavy atom. The van der Waals surface area contributed by atoms with Crippen molar-refractivity contribution in [2.75, 3.05) is 24.4 Å². The second-order valence-electron chi connectivity index (χ2n) is 6.51. The van der Waals surface area contributed by atoms with E-state index < -0.39 is 0 Å². The fourth-order valence-electron chi connectivity index (χ4n) is 2.91. The molecular weight excluding hydrogens is 254 g/mol. The van der Waals surface area contributed by atoms with Gasteiger partial charge in [0, 0.05) is 19.7 Å². The normalized spacial score (nSPS) is 19.7. The molecule has 20 heavy (non-hydrogen) atoms. The molecule has 0 radical (unpaired) electrons. The van der Waals surface area contributed by atoms with Crippen molar-refractivity contribution in [2.45, 2.75) is 34.3 Å². The average molecular weight is 279 g/mol. The lowest BCUT2D eigenvalue weighted by Gasteiger charge is -2.10. The van der Waals surface area contributed by atoms with Crippen LogP contribution in [0.25, 0.3) is 0 Å². The Hall–Kier alpha value is -1.40. The minimum absolute atomic E-state index is 0.358. The second-order valence-corrected chi connectivity index (χ2v) is 6.51. The quantitative estimate of drug-likeness (QED) is 0.545. The fraction of sp³-hybridized carbons (Fsp3) is 0.714. The molecule has 0 amide bonds. The molecule has 1 aliphatic carbocycles. The Balaban J connectivity index is 2.05. The van der Waals surface area contributed by atoms with Gasteiger partial charge in [-0.3, -0.25) is 0 Å². The van der Waals surface area contributed by atoms with Gasteiger partial charge in [0.1, 0.15) is 18.2 Å². The van der Waals surface area contributed by atoms with E-state index in [1.165, 1.54) is 0 Å². The minimum atomic E-state index is 0.358. The smallest absolute Gasteiger partial charge is 0.158 e. The molecule has 0 spiro atoms. The number of aromatic nitrogens is 2. The number of rotatable bonds is 6. The highest BCUT2D eigenvalue weighted by atomic mass is 16.5.